The number of amides is 1. The molecular weight excluding hydrogens is 283 g/mol. The van der Waals surface area contributed by atoms with Gasteiger partial charge in [-0.25, -0.2) is 0 Å². The Kier molecular flexibility index (Phi) is 4.30. The first-order valence-corrected chi connectivity index (χ1v) is 6.40. The third-order valence-corrected chi connectivity index (χ3v) is 3.27. The zero-order chi connectivity index (χ0) is 13.8. The summed E-state index contributed by atoms with van der Waals surface area (Å²) in [6, 6.07) is 12.2. The summed E-state index contributed by atoms with van der Waals surface area (Å²) in [7, 11) is 1.82. The van der Waals surface area contributed by atoms with Crippen molar-refractivity contribution in [3.05, 3.63) is 58.1 Å². The summed E-state index contributed by atoms with van der Waals surface area (Å²) in [5, 5.41) is 6.52. The third kappa shape index (κ3) is 3.19. The Morgan fingerprint density at radius 2 is 1.58 bits per heavy atom. The van der Waals surface area contributed by atoms with Crippen molar-refractivity contribution in [2.45, 2.75) is 0 Å². The molecular formula is C14H12Cl2N2O. The minimum Gasteiger partial charge on any atom is -0.388 e. The topological polar surface area (TPSA) is 41.1 Å². The van der Waals surface area contributed by atoms with Gasteiger partial charge in [-0.2, -0.15) is 0 Å². The normalized spacial score (nSPS) is 10.1. The van der Waals surface area contributed by atoms with E-state index in [-0.39, 0.29) is 5.91 Å². The molecule has 19 heavy (non-hydrogen) atoms. The van der Waals surface area contributed by atoms with Crippen LogP contribution in [0, 0.1) is 0 Å². The first kappa shape index (κ1) is 13.7. The van der Waals surface area contributed by atoms with E-state index in [0.717, 1.165) is 5.69 Å². The third-order valence-electron chi connectivity index (χ3n) is 2.64. The molecule has 98 valence electrons. The summed E-state index contributed by atoms with van der Waals surface area (Å²) in [6.07, 6.45) is 0. The molecule has 5 heteroatoms. The number of anilines is 2. The average Bonchev–Trinajstić information content (AvgIpc) is 2.43. The molecule has 0 fully saturated rings. The molecule has 0 spiro atoms. The van der Waals surface area contributed by atoms with Crippen LogP contribution in [0.25, 0.3) is 0 Å². The van der Waals surface area contributed by atoms with Crippen LogP contribution in [0.15, 0.2) is 42.5 Å². The molecule has 1 amide bonds. The minimum atomic E-state index is -0.252. The smallest absolute Gasteiger partial charge is 0.255 e. The fraction of sp³-hybridized carbons (Fsp3) is 0.0714. The molecule has 0 aromatic heterocycles. The Hall–Kier alpha value is -1.71. The van der Waals surface area contributed by atoms with E-state index in [0.29, 0.717) is 21.3 Å². The maximum Gasteiger partial charge on any atom is 0.255 e. The number of hydrogen-bond acceptors (Lipinski definition) is 2. The van der Waals surface area contributed by atoms with Crippen molar-refractivity contribution in [3.8, 4) is 0 Å². The van der Waals surface area contributed by atoms with Gasteiger partial charge < -0.3 is 10.6 Å². The van der Waals surface area contributed by atoms with Crippen LogP contribution in [-0.2, 0) is 0 Å². The highest BCUT2D eigenvalue weighted by atomic mass is 35.5. The van der Waals surface area contributed by atoms with Gasteiger partial charge in [0.15, 0.2) is 0 Å². The standard InChI is InChI=1S/C14H12Cl2N2O/c1-17-10-7-5-9(6-8-10)14(19)18-13-11(15)3-2-4-12(13)16/h2-8,17H,1H3,(H,18,19). The van der Waals surface area contributed by atoms with E-state index in [1.54, 1.807) is 30.3 Å². The highest BCUT2D eigenvalue weighted by Crippen LogP contribution is 2.30. The predicted octanol–water partition coefficient (Wildman–Crippen LogP) is 4.29. The lowest BCUT2D eigenvalue weighted by atomic mass is 10.2. The summed E-state index contributed by atoms with van der Waals surface area (Å²) < 4.78 is 0. The van der Waals surface area contributed by atoms with Gasteiger partial charge in [0.2, 0.25) is 0 Å². The average molecular weight is 295 g/mol. The summed E-state index contributed by atoms with van der Waals surface area (Å²) >= 11 is 12.0. The predicted molar refractivity (Wildman–Crippen MR) is 80.4 cm³/mol. The lowest BCUT2D eigenvalue weighted by Crippen LogP contribution is -2.12. The first-order chi connectivity index (χ1) is 9.11. The van der Waals surface area contributed by atoms with Gasteiger partial charge >= 0.3 is 0 Å². The molecule has 2 rings (SSSR count). The molecule has 0 unspecified atom stereocenters. The molecule has 0 saturated heterocycles. The maximum absolute atomic E-state index is 12.1. The van der Waals surface area contributed by atoms with Crippen LogP contribution >= 0.6 is 23.2 Å². The van der Waals surface area contributed by atoms with Crippen molar-refractivity contribution in [3.63, 3.8) is 0 Å². The Morgan fingerprint density at radius 1 is 1.00 bits per heavy atom. The molecule has 0 aliphatic rings. The molecule has 3 nitrogen and oxygen atoms in total. The van der Waals surface area contributed by atoms with Gasteiger partial charge in [0, 0.05) is 18.3 Å². The summed E-state index contributed by atoms with van der Waals surface area (Å²) in [5.41, 5.74) is 1.90. The molecule has 0 radical (unpaired) electrons. The van der Waals surface area contributed by atoms with Crippen LogP contribution in [0.3, 0.4) is 0 Å². The number of nitrogens with one attached hydrogen (secondary N) is 2. The van der Waals surface area contributed by atoms with Crippen LogP contribution in [-0.4, -0.2) is 13.0 Å². The number of halogens is 2. The van der Waals surface area contributed by atoms with Crippen molar-refractivity contribution in [2.24, 2.45) is 0 Å². The highest BCUT2D eigenvalue weighted by molar-refractivity contribution is 6.40. The molecule has 0 bridgehead atoms. The van der Waals surface area contributed by atoms with Crippen LogP contribution in [0.4, 0.5) is 11.4 Å². The summed E-state index contributed by atoms with van der Waals surface area (Å²) in [6.45, 7) is 0. The number of carbonyl (C=O) groups is 1. The van der Waals surface area contributed by atoms with Gasteiger partial charge in [0.05, 0.1) is 15.7 Å². The number of carbonyl (C=O) groups excluding carboxylic acids is 1. The van der Waals surface area contributed by atoms with E-state index in [9.17, 15) is 4.79 Å². The van der Waals surface area contributed by atoms with E-state index >= 15 is 0 Å². The van der Waals surface area contributed by atoms with Gasteiger partial charge in [0.25, 0.3) is 5.91 Å². The van der Waals surface area contributed by atoms with Gasteiger partial charge in [-0.1, -0.05) is 29.3 Å². The molecule has 0 saturated carbocycles. The van der Waals surface area contributed by atoms with Gasteiger partial charge in [-0.05, 0) is 36.4 Å². The quantitative estimate of drug-likeness (QED) is 0.887. The first-order valence-electron chi connectivity index (χ1n) is 5.65. The fourth-order valence-corrected chi connectivity index (χ4v) is 2.08. The largest absolute Gasteiger partial charge is 0.388 e. The zero-order valence-electron chi connectivity index (χ0n) is 10.2. The van der Waals surface area contributed by atoms with Gasteiger partial charge in [0.1, 0.15) is 0 Å². The number of rotatable bonds is 3. The number of benzene rings is 2. The Morgan fingerprint density at radius 3 is 2.11 bits per heavy atom. The molecule has 0 heterocycles. The van der Waals surface area contributed by atoms with E-state index in [4.69, 9.17) is 23.2 Å². The lowest BCUT2D eigenvalue weighted by Gasteiger charge is -2.09. The Labute approximate surface area is 121 Å². The molecule has 2 aromatic carbocycles. The van der Waals surface area contributed by atoms with Crippen molar-refractivity contribution >= 4 is 40.5 Å². The van der Waals surface area contributed by atoms with Gasteiger partial charge in [-0.15, -0.1) is 0 Å². The second-order valence-electron chi connectivity index (χ2n) is 3.88. The molecule has 2 aromatic rings. The molecule has 0 atom stereocenters. The van der Waals surface area contributed by atoms with E-state index in [1.807, 2.05) is 19.2 Å². The Bertz CT molecular complexity index is 577. The van der Waals surface area contributed by atoms with Crippen LogP contribution < -0.4 is 10.6 Å². The monoisotopic (exact) mass is 294 g/mol. The fourth-order valence-electron chi connectivity index (χ4n) is 1.59. The van der Waals surface area contributed by atoms with E-state index in [2.05, 4.69) is 10.6 Å². The van der Waals surface area contributed by atoms with Crippen molar-refractivity contribution in [1.82, 2.24) is 0 Å². The Balaban J connectivity index is 2.20. The van der Waals surface area contributed by atoms with Crippen molar-refractivity contribution in [2.75, 3.05) is 17.7 Å². The molecule has 0 aliphatic heterocycles. The highest BCUT2D eigenvalue weighted by Gasteiger charge is 2.11. The van der Waals surface area contributed by atoms with Crippen LogP contribution in [0.1, 0.15) is 10.4 Å². The number of hydrogen-bond donors (Lipinski definition) is 2. The SMILES string of the molecule is CNc1ccc(C(=O)Nc2c(Cl)cccc2Cl)cc1. The van der Waals surface area contributed by atoms with Crippen LogP contribution in [0.2, 0.25) is 10.0 Å². The second-order valence-corrected chi connectivity index (χ2v) is 4.69. The summed E-state index contributed by atoms with van der Waals surface area (Å²) in [4.78, 5) is 12.1. The minimum absolute atomic E-state index is 0.252. The van der Waals surface area contributed by atoms with E-state index in [1.165, 1.54) is 0 Å². The van der Waals surface area contributed by atoms with Crippen molar-refractivity contribution in [1.29, 1.82) is 0 Å². The zero-order valence-corrected chi connectivity index (χ0v) is 11.7. The number of para-hydroxylation sites is 1. The molecule has 0 aliphatic carbocycles. The van der Waals surface area contributed by atoms with E-state index < -0.39 is 0 Å². The van der Waals surface area contributed by atoms with Crippen molar-refractivity contribution < 1.29 is 4.79 Å². The molecule has 2 N–H and O–H groups in total. The maximum atomic E-state index is 12.1. The van der Waals surface area contributed by atoms with Gasteiger partial charge in [-0.3, -0.25) is 4.79 Å². The summed E-state index contributed by atoms with van der Waals surface area (Å²) in [5.74, 6) is -0.252. The van der Waals surface area contributed by atoms with Crippen LogP contribution in [0.5, 0.6) is 0 Å². The second kappa shape index (κ2) is 5.95. The lowest BCUT2D eigenvalue weighted by molar-refractivity contribution is 0.102.